The average Bonchev–Trinajstić information content (AvgIpc) is 0.768. The van der Waals surface area contributed by atoms with Gasteiger partial charge in [-0.25, -0.2) is 86.8 Å². The number of nitrogens with two attached hydrogens (primary N) is 2. The van der Waals surface area contributed by atoms with Gasteiger partial charge in [-0.2, -0.15) is 65.9 Å². The average molecular weight is 2040 g/mol. The minimum Gasteiger partial charge on any atom is -0.444 e. The van der Waals surface area contributed by atoms with Gasteiger partial charge in [0, 0.05) is 36.8 Å². The van der Waals surface area contributed by atoms with Gasteiger partial charge in [0.05, 0.1) is 52.3 Å². The Balaban J connectivity index is 0.000000290. The first-order valence-corrected chi connectivity index (χ1v) is 47.1. The van der Waals surface area contributed by atoms with Crippen LogP contribution in [0.4, 0.5) is 111 Å². The van der Waals surface area contributed by atoms with Gasteiger partial charge in [0.1, 0.15) is 28.7 Å². The van der Waals surface area contributed by atoms with Crippen molar-refractivity contribution in [1.29, 1.82) is 0 Å². The highest BCUT2D eigenvalue weighted by atomic mass is 35.5. The van der Waals surface area contributed by atoms with Gasteiger partial charge in [-0.1, -0.05) is 42.5 Å². The summed E-state index contributed by atoms with van der Waals surface area (Å²) >= 11 is 0. The summed E-state index contributed by atoms with van der Waals surface area (Å²) < 4.78 is 443. The number of alkyl halides is 20. The van der Waals surface area contributed by atoms with E-state index in [2.05, 4.69) is 16.0 Å². The Hall–Kier alpha value is -7.54. The molecule has 0 saturated heterocycles. The topological polar surface area (TPSA) is 311 Å². The number of hydrogen-bond acceptors (Lipinski definition) is 17. The first-order chi connectivity index (χ1) is 58.7. The van der Waals surface area contributed by atoms with Crippen LogP contribution in [-0.2, 0) is 96.1 Å². The Morgan fingerprint density at radius 3 is 0.802 bits per heavy atom. The molecule has 738 valence electrons. The van der Waals surface area contributed by atoms with Crippen molar-refractivity contribution in [2.24, 2.45) is 11.5 Å². The van der Waals surface area contributed by atoms with Gasteiger partial charge in [-0.15, -0.1) is 24.8 Å². The van der Waals surface area contributed by atoms with Crippen LogP contribution in [0.2, 0.25) is 0 Å². The van der Waals surface area contributed by atoms with Crippen molar-refractivity contribution in [1.82, 2.24) is 16.0 Å². The van der Waals surface area contributed by atoms with Crippen LogP contribution in [0.15, 0.2) is 158 Å². The largest absolute Gasteiger partial charge is 0.444 e. The predicted octanol–water partition coefficient (Wildman–Crippen LogP) is 21.5. The van der Waals surface area contributed by atoms with Crippen LogP contribution in [0, 0.1) is 17.5 Å². The molecule has 0 aliphatic heterocycles. The molecule has 5 aliphatic rings. The Morgan fingerprint density at radius 2 is 0.557 bits per heavy atom. The number of carbonyl (C=O) groups is 2. The summed E-state index contributed by atoms with van der Waals surface area (Å²) in [6.45, 7) is 10.5. The molecule has 2 amide bonds. The van der Waals surface area contributed by atoms with E-state index in [-0.39, 0.29) is 163 Å². The van der Waals surface area contributed by atoms with Crippen molar-refractivity contribution >= 4 is 86.2 Å². The first-order valence-electron chi connectivity index (χ1n) is 39.6. The molecule has 131 heavy (non-hydrogen) atoms. The van der Waals surface area contributed by atoms with Crippen LogP contribution in [0.3, 0.4) is 0 Å². The lowest BCUT2D eigenvalue weighted by Gasteiger charge is -2.34. The Labute approximate surface area is 754 Å². The summed E-state index contributed by atoms with van der Waals surface area (Å²) in [5.41, 5.74) is 4.03. The van der Waals surface area contributed by atoms with Gasteiger partial charge < -0.3 is 36.9 Å². The second-order valence-electron chi connectivity index (χ2n) is 33.7. The number of sulfone groups is 5. The van der Waals surface area contributed by atoms with E-state index in [4.69, 9.17) is 20.9 Å². The smallest absolute Gasteiger partial charge is 0.416 e. The molecule has 0 heterocycles. The maximum Gasteiger partial charge on any atom is 0.416 e. The highest BCUT2D eigenvalue weighted by Crippen LogP contribution is 2.49. The molecule has 19 nitrogen and oxygen atoms in total. The van der Waals surface area contributed by atoms with Crippen LogP contribution in [0.5, 0.6) is 0 Å². The maximum absolute atomic E-state index is 15.3. The first kappa shape index (κ1) is 114. The summed E-state index contributed by atoms with van der Waals surface area (Å²) in [6, 6.07) is 16.4. The summed E-state index contributed by atoms with van der Waals surface area (Å²) in [6.07, 6.45) is -29.0. The summed E-state index contributed by atoms with van der Waals surface area (Å²) in [5.74, 6) is -4.19. The second kappa shape index (κ2) is 42.8. The van der Waals surface area contributed by atoms with E-state index in [9.17, 15) is 139 Å². The number of amides is 2. The third-order valence-electron chi connectivity index (χ3n) is 21.5. The lowest BCUT2D eigenvalue weighted by Crippen LogP contribution is -2.46. The molecule has 0 radical (unpaired) electrons. The second-order valence-corrected chi connectivity index (χ2v) is 44.7. The minimum atomic E-state index is -4.98. The fourth-order valence-electron chi connectivity index (χ4n) is 14.3. The van der Waals surface area contributed by atoms with Gasteiger partial charge in [-0.3, -0.25) is 0 Å². The molecule has 0 aromatic heterocycles. The van der Waals surface area contributed by atoms with Crippen molar-refractivity contribution in [3.63, 3.8) is 0 Å². The molecule has 11 rings (SSSR count). The molecule has 0 unspecified atom stereocenters. The normalized spacial score (nSPS) is 24.4. The zero-order valence-electron chi connectivity index (χ0n) is 70.4. The SMILES string of the molecule is CC(C)(C)OC(=O)NC1CCC(F)(S(=O)(=O)c2cc(F)cc(C(F)(F)F)c2)CC1.CC(C)(C)OC(=O)NC1CCC(F)(S(=O)(=O)c2cccc(C(F)(F)F)c2)CC1.Cl.Cl.NC1CCC(F)(S(=O)(=O)c2cc(F)cc(C(F)(F)F)c2)CC1.NC1CCC(F)(S(=O)(=O)c2cccc(C(F)(F)F)c2)CC1.O=S(=O)(c1cc(F)cc(C(F)(F)F)c1)C1(F)CCC(NCc2ccccc2)CC1. The molecule has 49 heteroatoms. The molecule has 6 aromatic carbocycles. The fraction of sp³-hybridized carbons (Fsp3) is 0.537. The summed E-state index contributed by atoms with van der Waals surface area (Å²) in [5, 5.41) is -5.25. The predicted molar refractivity (Wildman–Crippen MR) is 438 cm³/mol. The van der Waals surface area contributed by atoms with E-state index < -0.39 is 249 Å². The van der Waals surface area contributed by atoms with Crippen molar-refractivity contribution < 1.29 is 162 Å². The third kappa shape index (κ3) is 29.7. The molecule has 0 atom stereocenters. The van der Waals surface area contributed by atoms with Crippen molar-refractivity contribution in [3.8, 4) is 0 Å². The molecule has 0 bridgehead atoms. The van der Waals surface area contributed by atoms with Gasteiger partial charge in [-0.05, 0) is 267 Å². The molecule has 5 fully saturated rings. The number of rotatable bonds is 15. The van der Waals surface area contributed by atoms with Crippen LogP contribution < -0.4 is 27.4 Å². The van der Waals surface area contributed by atoms with Crippen molar-refractivity contribution in [2.45, 2.75) is 298 Å². The molecule has 6 aromatic rings. The zero-order valence-corrected chi connectivity index (χ0v) is 76.1. The van der Waals surface area contributed by atoms with E-state index in [0.29, 0.717) is 42.9 Å². The van der Waals surface area contributed by atoms with E-state index in [1.165, 1.54) is 0 Å². The summed E-state index contributed by atoms with van der Waals surface area (Å²) in [4.78, 5) is 19.2. The fourth-order valence-corrected chi connectivity index (χ4v) is 23.0. The lowest BCUT2D eigenvalue weighted by atomic mass is 9.93. The van der Waals surface area contributed by atoms with Crippen LogP contribution in [-0.4, -0.2) is 121 Å². The molecule has 7 N–H and O–H groups in total. The minimum absolute atomic E-state index is 0. The van der Waals surface area contributed by atoms with Crippen molar-refractivity contribution in [3.05, 3.63) is 184 Å². The zero-order chi connectivity index (χ0) is 97.6. The quantitative estimate of drug-likeness (QED) is 0.0597. The summed E-state index contributed by atoms with van der Waals surface area (Å²) in [7, 11) is -23.6. The van der Waals surface area contributed by atoms with E-state index in [0.717, 1.165) is 42.0 Å². The number of nitrogens with one attached hydrogen (secondary N) is 3. The van der Waals surface area contributed by atoms with Gasteiger partial charge in [0.25, 0.3) is 0 Å². The Bertz CT molecular complexity index is 5500. The number of alkyl carbamates (subject to hydrolysis) is 2. The number of ether oxygens (including phenoxy) is 2. The molecule has 0 spiro atoms. The van der Waals surface area contributed by atoms with E-state index in [1.807, 2.05) is 30.3 Å². The highest BCUT2D eigenvalue weighted by molar-refractivity contribution is 7.94. The van der Waals surface area contributed by atoms with E-state index >= 15 is 13.2 Å². The number of carbonyl (C=O) groups excluding carboxylic acids is 2. The Morgan fingerprint density at radius 1 is 0.328 bits per heavy atom. The number of benzene rings is 6. The lowest BCUT2D eigenvalue weighted by molar-refractivity contribution is -0.138. The van der Waals surface area contributed by atoms with Crippen LogP contribution in [0.1, 0.15) is 203 Å². The molecular formula is C82H96Cl2F23N5O14S5. The van der Waals surface area contributed by atoms with Gasteiger partial charge in [0.15, 0.2) is 0 Å². The van der Waals surface area contributed by atoms with E-state index in [1.54, 1.807) is 41.5 Å². The number of halogens is 25. The van der Waals surface area contributed by atoms with Crippen molar-refractivity contribution in [2.75, 3.05) is 0 Å². The molecule has 5 saturated carbocycles. The Kier molecular flexibility index (Phi) is 37.2. The van der Waals surface area contributed by atoms with Gasteiger partial charge >= 0.3 is 43.1 Å². The highest BCUT2D eigenvalue weighted by Gasteiger charge is 2.54. The number of hydrogen-bond donors (Lipinski definition) is 5. The van der Waals surface area contributed by atoms with Crippen LogP contribution >= 0.6 is 24.8 Å². The maximum atomic E-state index is 15.3. The third-order valence-corrected chi connectivity index (χ3v) is 32.7. The monoisotopic (exact) mass is 2040 g/mol. The standard InChI is InChI=1S/C20H20F5NO2S.C18H22F5NO4S.C18H23F4NO4S.C13H14F5NO2S.C13H15F4NO2S.2ClH/c21-16-10-15(20(23,24)25)11-18(12-16)29(27,28)19(22)8-6-17(7-9-19)26-13-14-4-2-1-3-5-14;1-16(2,3)28-15(25)24-13-4-6-17(20,7-5-13)29(26,27)14-9-11(18(21,22)23)8-12(19)10-14;1-16(2,3)27-15(24)23-13-7-9-17(19,10-8-13)28(25,26)14-6-4-5-12(11-14)18(20,21)22;14-9-5-8(13(16,17)18)6-11(7-9)22(20,21)12(15)3-1-10(19)2-4-12;14-12(6-4-10(18)5-7-12)21(19,20)11-3-1-2-9(8-11)13(15,16)17;;/h1-5,10-12,17,26H,6-9,13H2;8-10,13H,4-7H2,1-3H3,(H,24,25);4-6,11,13H,7-10H2,1-3H3,(H,23,24);5-7,10H,1-4,19H2;1-3,8,10H,4-7,18H2;2*1H. The molecule has 5 aliphatic carbocycles. The molecular weight excluding hydrogens is 1950 g/mol. The van der Waals surface area contributed by atoms with Gasteiger partial charge in [0.2, 0.25) is 74.2 Å². The van der Waals surface area contributed by atoms with Crippen LogP contribution in [0.25, 0.3) is 0 Å².